The average molecular weight is 372 g/mol. The zero-order valence-corrected chi connectivity index (χ0v) is 16.2. The molecule has 2 aliphatic rings. The van der Waals surface area contributed by atoms with Crippen LogP contribution in [0.1, 0.15) is 30.9 Å². The van der Waals surface area contributed by atoms with Crippen LogP contribution in [-0.2, 0) is 4.74 Å². The molecule has 6 nitrogen and oxygen atoms in total. The Morgan fingerprint density at radius 3 is 2.33 bits per heavy atom. The molecule has 0 fully saturated rings. The average Bonchev–Trinajstić information content (AvgIpc) is 3.14. The fraction of sp³-hybridized carbons (Fsp3) is 0.429. The van der Waals surface area contributed by atoms with Crippen LogP contribution in [-0.4, -0.2) is 33.9 Å². The number of hydrogen-bond donors (Lipinski definition) is 0. The van der Waals surface area contributed by atoms with E-state index in [9.17, 15) is 0 Å². The Kier molecular flexibility index (Phi) is 4.30. The van der Waals surface area contributed by atoms with Crippen molar-refractivity contribution < 1.29 is 28.4 Å². The number of ether oxygens (including phenoxy) is 6. The lowest BCUT2D eigenvalue weighted by Crippen LogP contribution is -2.47. The van der Waals surface area contributed by atoms with E-state index in [1.807, 2.05) is 37.3 Å². The first kappa shape index (κ1) is 17.8. The van der Waals surface area contributed by atoms with Gasteiger partial charge in [-0.25, -0.2) is 0 Å². The van der Waals surface area contributed by atoms with Crippen LogP contribution in [0.4, 0.5) is 0 Å². The van der Waals surface area contributed by atoms with Crippen molar-refractivity contribution in [3.8, 4) is 28.7 Å². The highest BCUT2D eigenvalue weighted by atomic mass is 16.7. The van der Waals surface area contributed by atoms with Gasteiger partial charge in [0.1, 0.15) is 17.2 Å². The molecule has 6 heteroatoms. The van der Waals surface area contributed by atoms with Gasteiger partial charge in [-0.2, -0.15) is 0 Å². The highest BCUT2D eigenvalue weighted by Gasteiger charge is 2.47. The molecule has 0 bridgehead atoms. The van der Waals surface area contributed by atoms with Gasteiger partial charge in [-0.3, -0.25) is 0 Å². The highest BCUT2D eigenvalue weighted by molar-refractivity contribution is 5.58. The van der Waals surface area contributed by atoms with Gasteiger partial charge in [0.15, 0.2) is 11.5 Å². The lowest BCUT2D eigenvalue weighted by molar-refractivity contribution is -0.194. The molecule has 144 valence electrons. The first-order valence-electron chi connectivity index (χ1n) is 8.90. The van der Waals surface area contributed by atoms with Crippen LogP contribution in [0.5, 0.6) is 28.7 Å². The summed E-state index contributed by atoms with van der Waals surface area (Å²) >= 11 is 0. The fourth-order valence-corrected chi connectivity index (χ4v) is 3.89. The molecule has 0 N–H and O–H groups in total. The molecule has 3 atom stereocenters. The van der Waals surface area contributed by atoms with Gasteiger partial charge in [0.2, 0.25) is 12.6 Å². The summed E-state index contributed by atoms with van der Waals surface area (Å²) in [6.45, 7) is 4.28. The monoisotopic (exact) mass is 372 g/mol. The molecule has 0 saturated heterocycles. The van der Waals surface area contributed by atoms with Gasteiger partial charge in [-0.1, -0.05) is 13.0 Å². The van der Waals surface area contributed by atoms with Gasteiger partial charge < -0.3 is 28.4 Å². The van der Waals surface area contributed by atoms with E-state index >= 15 is 0 Å². The van der Waals surface area contributed by atoms with E-state index in [1.54, 1.807) is 21.3 Å². The molecule has 0 amide bonds. The molecule has 0 aromatic heterocycles. The van der Waals surface area contributed by atoms with Gasteiger partial charge in [0, 0.05) is 49.1 Å². The van der Waals surface area contributed by atoms with Crippen molar-refractivity contribution in [3.05, 3.63) is 41.5 Å². The second-order valence-electron chi connectivity index (χ2n) is 6.94. The summed E-state index contributed by atoms with van der Waals surface area (Å²) in [4.78, 5) is 0. The first-order chi connectivity index (χ1) is 13.0. The van der Waals surface area contributed by atoms with Crippen LogP contribution >= 0.6 is 0 Å². The third kappa shape index (κ3) is 2.75. The van der Waals surface area contributed by atoms with Crippen LogP contribution in [0.2, 0.25) is 0 Å². The maximum absolute atomic E-state index is 6.25. The van der Waals surface area contributed by atoms with Gasteiger partial charge in [0.05, 0.1) is 14.2 Å². The van der Waals surface area contributed by atoms with Crippen LogP contribution in [0, 0.1) is 5.92 Å². The number of methoxy groups -OCH3 is 3. The van der Waals surface area contributed by atoms with E-state index in [4.69, 9.17) is 28.4 Å². The maximum atomic E-state index is 6.25. The largest absolute Gasteiger partial charge is 0.497 e. The fourth-order valence-electron chi connectivity index (χ4n) is 3.89. The molecule has 0 saturated carbocycles. The lowest BCUT2D eigenvalue weighted by atomic mass is 9.75. The zero-order valence-electron chi connectivity index (χ0n) is 16.2. The Hall–Kier alpha value is -2.60. The summed E-state index contributed by atoms with van der Waals surface area (Å²) in [5.74, 6) is 2.84. The van der Waals surface area contributed by atoms with Gasteiger partial charge >= 0.3 is 0 Å². The molecule has 0 radical (unpaired) electrons. The van der Waals surface area contributed by atoms with Crippen LogP contribution in [0.25, 0.3) is 0 Å². The van der Waals surface area contributed by atoms with E-state index < -0.39 is 5.79 Å². The maximum Gasteiger partial charge on any atom is 0.231 e. The van der Waals surface area contributed by atoms with Gasteiger partial charge in [-0.05, 0) is 12.1 Å². The molecule has 2 heterocycles. The third-order valence-electron chi connectivity index (χ3n) is 5.66. The molecule has 2 aromatic rings. The molecule has 0 unspecified atom stereocenters. The zero-order chi connectivity index (χ0) is 19.2. The van der Waals surface area contributed by atoms with Crippen molar-refractivity contribution in [2.75, 3.05) is 28.1 Å². The van der Waals surface area contributed by atoms with Crippen molar-refractivity contribution in [2.45, 2.75) is 25.6 Å². The Morgan fingerprint density at radius 2 is 1.67 bits per heavy atom. The van der Waals surface area contributed by atoms with Crippen LogP contribution < -0.4 is 23.7 Å². The van der Waals surface area contributed by atoms with Gasteiger partial charge in [-0.15, -0.1) is 0 Å². The number of rotatable bonds is 4. The predicted octanol–water partition coefficient (Wildman–Crippen LogP) is 3.96. The third-order valence-corrected chi connectivity index (χ3v) is 5.66. The van der Waals surface area contributed by atoms with E-state index in [0.717, 1.165) is 34.1 Å². The molecule has 2 aliphatic heterocycles. The molecular weight excluding hydrogens is 348 g/mol. The molecule has 0 aliphatic carbocycles. The summed E-state index contributed by atoms with van der Waals surface area (Å²) in [6.07, 6.45) is 0. The van der Waals surface area contributed by atoms with E-state index in [1.165, 1.54) is 0 Å². The van der Waals surface area contributed by atoms with E-state index in [-0.39, 0.29) is 18.6 Å². The molecule has 4 rings (SSSR count). The Bertz CT molecular complexity index is 864. The number of fused-ring (bicyclic) bond motifs is 2. The number of benzene rings is 2. The summed E-state index contributed by atoms with van der Waals surface area (Å²) in [7, 11) is 4.97. The predicted molar refractivity (Wildman–Crippen MR) is 99.2 cm³/mol. The Morgan fingerprint density at radius 1 is 0.926 bits per heavy atom. The molecule has 27 heavy (non-hydrogen) atoms. The molecular formula is C21H24O6. The smallest absolute Gasteiger partial charge is 0.231 e. The first-order valence-corrected chi connectivity index (χ1v) is 8.90. The minimum Gasteiger partial charge on any atom is -0.497 e. The second-order valence-corrected chi connectivity index (χ2v) is 6.94. The minimum atomic E-state index is -0.795. The normalized spacial score (nSPS) is 25.5. The summed E-state index contributed by atoms with van der Waals surface area (Å²) < 4.78 is 34.2. The van der Waals surface area contributed by atoms with Crippen molar-refractivity contribution >= 4 is 0 Å². The van der Waals surface area contributed by atoms with Crippen LogP contribution in [0.3, 0.4) is 0 Å². The Balaban J connectivity index is 1.91. The topological polar surface area (TPSA) is 55.4 Å². The van der Waals surface area contributed by atoms with Crippen molar-refractivity contribution in [1.29, 1.82) is 0 Å². The SMILES string of the molecule is COc1ccc([C@@H]2c3cc4c(cc3O[C@@](C)(OC)[C@H]2C)OCO4)c(OC)c1. The quantitative estimate of drug-likeness (QED) is 0.810. The lowest BCUT2D eigenvalue weighted by Gasteiger charge is -2.44. The van der Waals surface area contributed by atoms with Gasteiger partial charge in [0.25, 0.3) is 0 Å². The van der Waals surface area contributed by atoms with Crippen molar-refractivity contribution in [3.63, 3.8) is 0 Å². The Labute approximate surface area is 158 Å². The summed E-state index contributed by atoms with van der Waals surface area (Å²) in [5.41, 5.74) is 2.06. The molecule has 2 aromatic carbocycles. The van der Waals surface area contributed by atoms with E-state index in [2.05, 4.69) is 6.92 Å². The second kappa shape index (κ2) is 6.53. The standard InChI is InChI=1S/C21H24O6/c1-12-20(14-7-6-13(22-3)8-16(14)23-4)15-9-18-19(26-11-25-18)10-17(15)27-21(12,2)24-5/h6-10,12,20H,11H2,1-5H3/t12-,20+,21+/m0/s1. The number of hydrogen-bond acceptors (Lipinski definition) is 6. The minimum absolute atomic E-state index is 0.0117. The van der Waals surface area contributed by atoms with Crippen molar-refractivity contribution in [1.82, 2.24) is 0 Å². The van der Waals surface area contributed by atoms with Crippen LogP contribution in [0.15, 0.2) is 30.3 Å². The van der Waals surface area contributed by atoms with E-state index in [0.29, 0.717) is 5.75 Å². The summed E-state index contributed by atoms with van der Waals surface area (Å²) in [5, 5.41) is 0. The molecule has 0 spiro atoms. The van der Waals surface area contributed by atoms with Crippen molar-refractivity contribution in [2.24, 2.45) is 5.92 Å². The summed E-state index contributed by atoms with van der Waals surface area (Å²) in [6, 6.07) is 9.75. The highest BCUT2D eigenvalue weighted by Crippen LogP contribution is 2.53.